The maximum atomic E-state index is 12.2. The Kier molecular flexibility index (Phi) is 6.20. The molecule has 1 aromatic rings. The molecular weight excluding hydrogens is 361 g/mol. The number of fused-ring (bicyclic) bond motifs is 1. The van der Waals surface area contributed by atoms with Crippen molar-refractivity contribution in [1.82, 2.24) is 10.2 Å². The van der Waals surface area contributed by atoms with Crippen molar-refractivity contribution in [2.75, 3.05) is 0 Å². The summed E-state index contributed by atoms with van der Waals surface area (Å²) in [5.74, 6) is -1.86. The Bertz CT molecular complexity index is 667. The first-order valence-electron chi connectivity index (χ1n) is 7.35. The molecule has 1 aromatic carbocycles. The molecule has 2 saturated heterocycles. The SMILES string of the molecule is CC1(C)S[C@@H]2[C@H](NC(=O)C[13c]3[13cH][13cH][13cH][13cH][13cH]3)C(=O)N2[C@H]1C(=O)[O-].[K+]. The van der Waals surface area contributed by atoms with Crippen molar-refractivity contribution in [3.05, 3.63) is 35.9 Å². The van der Waals surface area contributed by atoms with Crippen LogP contribution in [0.25, 0.3) is 0 Å². The summed E-state index contributed by atoms with van der Waals surface area (Å²) in [6.45, 7) is 3.54. The molecule has 0 unspecified atom stereocenters. The normalized spacial score (nSPS) is 26.8. The van der Waals surface area contributed by atoms with Crippen LogP contribution in [0.5, 0.6) is 0 Å². The van der Waals surface area contributed by atoms with E-state index < -0.39 is 22.8 Å². The Morgan fingerprint density at radius 1 is 1.29 bits per heavy atom. The van der Waals surface area contributed by atoms with Crippen molar-refractivity contribution < 1.29 is 70.9 Å². The topological polar surface area (TPSA) is 89.5 Å². The molecule has 0 aromatic heterocycles. The van der Waals surface area contributed by atoms with Gasteiger partial charge in [-0.05, 0) is 19.4 Å². The average molecular weight is 378 g/mol. The number of aliphatic carboxylic acids is 1. The van der Waals surface area contributed by atoms with Gasteiger partial charge in [0.15, 0.2) is 0 Å². The van der Waals surface area contributed by atoms with Crippen LogP contribution in [0.4, 0.5) is 0 Å². The molecule has 0 radical (unpaired) electrons. The van der Waals surface area contributed by atoms with E-state index in [-0.39, 0.29) is 75.0 Å². The number of nitrogens with one attached hydrogen (secondary N) is 1. The molecule has 0 aliphatic carbocycles. The van der Waals surface area contributed by atoms with E-state index in [2.05, 4.69) is 5.32 Å². The third-order valence-electron chi connectivity index (χ3n) is 4.19. The second kappa shape index (κ2) is 7.47. The van der Waals surface area contributed by atoms with E-state index in [1.165, 1.54) is 16.7 Å². The molecule has 0 spiro atoms. The predicted octanol–water partition coefficient (Wildman–Crippen LogP) is -3.47. The van der Waals surface area contributed by atoms with E-state index in [9.17, 15) is 19.5 Å². The van der Waals surface area contributed by atoms with Crippen LogP contribution in [0.3, 0.4) is 0 Å². The molecule has 3 rings (SSSR count). The minimum Gasteiger partial charge on any atom is -0.548 e. The number of benzene rings is 1. The van der Waals surface area contributed by atoms with E-state index in [0.29, 0.717) is 0 Å². The number of β-lactam (4-membered cyclic amide) rings is 1. The van der Waals surface area contributed by atoms with Crippen molar-refractivity contribution in [3.63, 3.8) is 0 Å². The predicted molar refractivity (Wildman–Crippen MR) is 83.2 cm³/mol. The van der Waals surface area contributed by atoms with Crippen LogP contribution in [-0.2, 0) is 20.8 Å². The molecule has 2 aliphatic rings. The first-order valence-corrected chi connectivity index (χ1v) is 8.23. The van der Waals surface area contributed by atoms with Gasteiger partial charge in [-0.3, -0.25) is 9.59 Å². The summed E-state index contributed by atoms with van der Waals surface area (Å²) < 4.78 is -0.641. The number of hydrogen-bond donors (Lipinski definition) is 1. The fourth-order valence-electron chi connectivity index (χ4n) is 3.13. The van der Waals surface area contributed by atoms with Crippen LogP contribution in [0.2, 0.25) is 0 Å². The van der Waals surface area contributed by atoms with Gasteiger partial charge >= 0.3 is 51.4 Å². The standard InChI is InChI=1S/C16H18N2O4S.K/c1-16(2)12(15(21)22)18-13(20)11(14(18)23-16)17-10(19)8-9-6-4-3-5-7-9;/h3-7,11-12,14H,8H2,1-2H3,(H,17,19)(H,21,22);/q;+1/p-1/t11-,12+,14-;/m1./s1/i3+1,4+1,5+1,6+1,7+1,9+1;. The van der Waals surface area contributed by atoms with Gasteiger partial charge in [-0.25, -0.2) is 0 Å². The molecule has 122 valence electrons. The summed E-state index contributed by atoms with van der Waals surface area (Å²) in [6, 6.07) is 7.61. The smallest absolute Gasteiger partial charge is 0.548 e. The number of nitrogens with zero attached hydrogens (tertiary/aromatic N) is 1. The summed E-state index contributed by atoms with van der Waals surface area (Å²) in [7, 11) is 0. The van der Waals surface area contributed by atoms with E-state index in [0.717, 1.165) is 5.56 Å². The number of thioether (sulfide) groups is 1. The molecule has 24 heavy (non-hydrogen) atoms. The van der Waals surface area contributed by atoms with Crippen LogP contribution in [0.15, 0.2) is 30.3 Å². The molecule has 0 saturated carbocycles. The Balaban J connectivity index is 0.00000208. The van der Waals surface area contributed by atoms with Crippen LogP contribution in [0, 0.1) is 0 Å². The summed E-state index contributed by atoms with van der Waals surface area (Å²) in [4.78, 5) is 37.0. The third kappa shape index (κ3) is 3.59. The van der Waals surface area contributed by atoms with Crippen LogP contribution < -0.4 is 61.8 Å². The minimum atomic E-state index is -1.26. The molecule has 3 atom stereocenters. The number of carboxylic acids is 1. The quantitative estimate of drug-likeness (QED) is 0.434. The zero-order valence-corrected chi connectivity index (χ0v) is 17.8. The summed E-state index contributed by atoms with van der Waals surface area (Å²) in [5.41, 5.74) is 0.862. The van der Waals surface area contributed by atoms with Gasteiger partial charge in [0.2, 0.25) is 11.8 Å². The maximum Gasteiger partial charge on any atom is 1.00 e. The van der Waals surface area contributed by atoms with Gasteiger partial charge in [-0.2, -0.15) is 0 Å². The largest absolute Gasteiger partial charge is 1.00 e. The molecule has 6 nitrogen and oxygen atoms in total. The molecule has 8 heteroatoms. The van der Waals surface area contributed by atoms with E-state index >= 15 is 0 Å². The first kappa shape index (κ1) is 19.9. The molecular formula is C16H17KN2O4S. The summed E-state index contributed by atoms with van der Waals surface area (Å²) >= 11 is 1.38. The Morgan fingerprint density at radius 3 is 2.50 bits per heavy atom. The van der Waals surface area contributed by atoms with Gasteiger partial charge in [0.25, 0.3) is 0 Å². The fraction of sp³-hybridized carbons (Fsp3) is 0.438. The van der Waals surface area contributed by atoms with E-state index in [4.69, 9.17) is 0 Å². The zero-order chi connectivity index (χ0) is 16.8. The van der Waals surface area contributed by atoms with Gasteiger partial charge in [-0.15, -0.1) is 11.8 Å². The number of carbonyl (C=O) groups is 3. The van der Waals surface area contributed by atoms with Crippen LogP contribution in [0.1, 0.15) is 19.4 Å². The van der Waals surface area contributed by atoms with Gasteiger partial charge in [0, 0.05) is 4.75 Å². The maximum absolute atomic E-state index is 12.2. The van der Waals surface area contributed by atoms with Gasteiger partial charge in [0.05, 0.1) is 18.4 Å². The third-order valence-corrected chi connectivity index (χ3v) is 5.76. The minimum absolute atomic E-state index is 0. The van der Waals surface area contributed by atoms with Gasteiger partial charge in [-0.1, -0.05) is 30.3 Å². The number of carbonyl (C=O) groups excluding carboxylic acids is 3. The van der Waals surface area contributed by atoms with Crippen molar-refractivity contribution >= 4 is 29.5 Å². The van der Waals surface area contributed by atoms with Crippen molar-refractivity contribution in [2.45, 2.75) is 42.5 Å². The summed E-state index contributed by atoms with van der Waals surface area (Å²) in [5, 5.41) is 13.7. The van der Waals surface area contributed by atoms with E-state index in [1.807, 2.05) is 30.3 Å². The average Bonchev–Trinajstić information content (AvgIpc) is 2.74. The number of amides is 2. The molecule has 2 heterocycles. The van der Waals surface area contributed by atoms with Crippen LogP contribution >= 0.6 is 11.8 Å². The fourth-order valence-corrected chi connectivity index (χ4v) is 4.75. The molecule has 1 N–H and O–H groups in total. The van der Waals surface area contributed by atoms with Gasteiger partial charge < -0.3 is 20.1 Å². The van der Waals surface area contributed by atoms with Crippen molar-refractivity contribution in [1.29, 1.82) is 0 Å². The molecule has 2 fully saturated rings. The second-order valence-corrected chi connectivity index (χ2v) is 8.06. The second-order valence-electron chi connectivity index (χ2n) is 6.29. The molecule has 2 amide bonds. The molecule has 0 bridgehead atoms. The summed E-state index contributed by atoms with van der Waals surface area (Å²) in [6.07, 6.45) is 0.190. The van der Waals surface area contributed by atoms with Crippen LogP contribution in [-0.4, -0.2) is 44.9 Å². The number of hydrogen-bond acceptors (Lipinski definition) is 5. The van der Waals surface area contributed by atoms with Gasteiger partial charge in [0.1, 0.15) is 11.4 Å². The van der Waals surface area contributed by atoms with Crippen molar-refractivity contribution in [2.24, 2.45) is 0 Å². The Morgan fingerprint density at radius 2 is 1.92 bits per heavy atom. The van der Waals surface area contributed by atoms with E-state index in [1.54, 1.807) is 13.8 Å². The Hall–Kier alpha value is -0.384. The van der Waals surface area contributed by atoms with Crippen molar-refractivity contribution in [3.8, 4) is 0 Å². The first-order chi connectivity index (χ1) is 10.8. The number of rotatable bonds is 4. The Labute approximate surface area is 187 Å². The molecule has 2 aliphatic heterocycles. The number of carboxylic acid groups (broad SMARTS) is 1. The monoisotopic (exact) mass is 378 g/mol. The zero-order valence-electron chi connectivity index (χ0n) is 13.8.